The Labute approximate surface area is 148 Å². The van der Waals surface area contributed by atoms with E-state index in [2.05, 4.69) is 37.4 Å². The second-order valence-corrected chi connectivity index (χ2v) is 7.49. The average molecular weight is 343 g/mol. The van der Waals surface area contributed by atoms with Gasteiger partial charge in [0, 0.05) is 32.1 Å². The maximum Gasteiger partial charge on any atom is 0.320 e. The Morgan fingerprint density at radius 1 is 1.16 bits per heavy atom. The zero-order valence-corrected chi connectivity index (χ0v) is 14.8. The van der Waals surface area contributed by atoms with Crippen LogP contribution in [0.1, 0.15) is 29.0 Å². The zero-order chi connectivity index (χ0) is 17.6. The van der Waals surface area contributed by atoms with Crippen molar-refractivity contribution in [3.63, 3.8) is 0 Å². The molecule has 0 saturated carbocycles. The Balaban J connectivity index is 1.34. The van der Waals surface area contributed by atoms with Crippen LogP contribution in [0.15, 0.2) is 18.2 Å². The van der Waals surface area contributed by atoms with Crippen LogP contribution in [0.4, 0.5) is 4.79 Å². The third-order valence-corrected chi connectivity index (χ3v) is 5.75. The molecule has 6 heteroatoms. The highest BCUT2D eigenvalue weighted by Crippen LogP contribution is 2.30. The monoisotopic (exact) mass is 343 g/mol. The number of hydrogen-bond donors (Lipinski definition) is 1. The van der Waals surface area contributed by atoms with Crippen LogP contribution in [0.5, 0.6) is 0 Å². The van der Waals surface area contributed by atoms with Gasteiger partial charge in [0.15, 0.2) is 0 Å². The molecule has 0 radical (unpaired) electrons. The fourth-order valence-corrected chi connectivity index (χ4v) is 3.94. The topological polar surface area (TPSA) is 61.9 Å². The fourth-order valence-electron chi connectivity index (χ4n) is 3.94. The second-order valence-electron chi connectivity index (χ2n) is 7.49. The van der Waals surface area contributed by atoms with E-state index in [0.717, 1.165) is 19.5 Å². The molecule has 4 rings (SSSR count). The molecule has 0 unspecified atom stereocenters. The number of nitrogens with zero attached hydrogens (tertiary/aromatic N) is 2. The van der Waals surface area contributed by atoms with Crippen LogP contribution in [0.25, 0.3) is 0 Å². The van der Waals surface area contributed by atoms with Crippen LogP contribution in [0, 0.1) is 13.8 Å². The van der Waals surface area contributed by atoms with Crippen molar-refractivity contribution < 1.29 is 14.3 Å². The van der Waals surface area contributed by atoms with Crippen LogP contribution in [0.3, 0.4) is 0 Å². The van der Waals surface area contributed by atoms with Gasteiger partial charge in [-0.05, 0) is 37.0 Å². The van der Waals surface area contributed by atoms with E-state index < -0.39 is 0 Å². The first kappa shape index (κ1) is 16.4. The predicted molar refractivity (Wildman–Crippen MR) is 93.5 cm³/mol. The van der Waals surface area contributed by atoms with Gasteiger partial charge in [-0.3, -0.25) is 4.79 Å². The number of piperidine rings is 1. The summed E-state index contributed by atoms with van der Waals surface area (Å²) in [4.78, 5) is 28.0. The van der Waals surface area contributed by atoms with E-state index in [4.69, 9.17) is 4.74 Å². The van der Waals surface area contributed by atoms with Gasteiger partial charge < -0.3 is 19.9 Å². The summed E-state index contributed by atoms with van der Waals surface area (Å²) in [5.41, 5.74) is 3.92. The fraction of sp³-hybridized carbons (Fsp3) is 0.579. The molecule has 25 heavy (non-hydrogen) atoms. The van der Waals surface area contributed by atoms with Gasteiger partial charge in [0.1, 0.15) is 6.61 Å². The molecule has 1 aromatic rings. The Hall–Kier alpha value is -2.08. The van der Waals surface area contributed by atoms with Gasteiger partial charge in [-0.25, -0.2) is 4.79 Å². The Morgan fingerprint density at radius 2 is 1.96 bits per heavy atom. The smallest absolute Gasteiger partial charge is 0.320 e. The van der Waals surface area contributed by atoms with Crippen molar-refractivity contribution >= 4 is 11.9 Å². The summed E-state index contributed by atoms with van der Waals surface area (Å²) in [5.74, 6) is 0.341. The summed E-state index contributed by atoms with van der Waals surface area (Å²) < 4.78 is 5.56. The van der Waals surface area contributed by atoms with Crippen LogP contribution in [-0.2, 0) is 9.53 Å². The van der Waals surface area contributed by atoms with Crippen LogP contribution in [0.2, 0.25) is 0 Å². The minimum absolute atomic E-state index is 0.0430. The van der Waals surface area contributed by atoms with Gasteiger partial charge >= 0.3 is 6.03 Å². The highest BCUT2D eigenvalue weighted by atomic mass is 16.5. The molecule has 3 saturated heterocycles. The van der Waals surface area contributed by atoms with E-state index in [1.54, 1.807) is 0 Å². The molecule has 3 heterocycles. The maximum atomic E-state index is 12.7. The minimum Gasteiger partial charge on any atom is -0.366 e. The quantitative estimate of drug-likeness (QED) is 0.839. The van der Waals surface area contributed by atoms with E-state index in [1.807, 2.05) is 9.80 Å². The van der Waals surface area contributed by atoms with Crippen LogP contribution < -0.4 is 5.32 Å². The number of likely N-dealkylation sites (tertiary alicyclic amines) is 2. The normalized spacial score (nSPS) is 26.7. The SMILES string of the molecule is Cc1ccc(C2CN(C(=O)N3CC[C@@H]4OCC(=O)N[C@@H]4C3)C2)cc1C. The van der Waals surface area contributed by atoms with Crippen molar-refractivity contribution in [1.29, 1.82) is 0 Å². The standard InChI is InChI=1S/C19H25N3O3/c1-12-3-4-14(7-13(12)2)15-8-22(9-15)19(24)21-6-5-17-16(10-21)20-18(23)11-25-17/h3-4,7,15-17H,5-6,8-11H2,1-2H3,(H,20,23)/t16-,17+/m1/s1. The third-order valence-electron chi connectivity index (χ3n) is 5.75. The first-order valence-electron chi connectivity index (χ1n) is 9.03. The van der Waals surface area contributed by atoms with Crippen molar-refractivity contribution in [1.82, 2.24) is 15.1 Å². The van der Waals surface area contributed by atoms with Crippen molar-refractivity contribution in [3.05, 3.63) is 34.9 Å². The number of ether oxygens (including phenoxy) is 1. The molecule has 3 fully saturated rings. The average Bonchev–Trinajstić information content (AvgIpc) is 2.56. The first-order valence-corrected chi connectivity index (χ1v) is 9.03. The molecule has 2 atom stereocenters. The van der Waals surface area contributed by atoms with Crippen LogP contribution in [-0.4, -0.2) is 66.7 Å². The Morgan fingerprint density at radius 3 is 2.72 bits per heavy atom. The Bertz CT molecular complexity index is 699. The third kappa shape index (κ3) is 3.11. The molecule has 3 aliphatic rings. The number of carbonyl (C=O) groups excluding carboxylic acids is 2. The highest BCUT2D eigenvalue weighted by molar-refractivity contribution is 5.79. The number of benzene rings is 1. The molecule has 0 bridgehead atoms. The van der Waals surface area contributed by atoms with E-state index in [9.17, 15) is 9.59 Å². The van der Waals surface area contributed by atoms with Gasteiger partial charge in [0.2, 0.25) is 5.91 Å². The molecule has 1 aromatic carbocycles. The lowest BCUT2D eigenvalue weighted by atomic mass is 9.89. The number of nitrogens with one attached hydrogen (secondary N) is 1. The first-order chi connectivity index (χ1) is 12.0. The summed E-state index contributed by atoms with van der Waals surface area (Å²) in [7, 11) is 0. The van der Waals surface area contributed by atoms with Gasteiger partial charge in [-0.2, -0.15) is 0 Å². The van der Waals surface area contributed by atoms with Crippen molar-refractivity contribution in [2.45, 2.75) is 38.3 Å². The lowest BCUT2D eigenvalue weighted by Crippen LogP contribution is -2.63. The highest BCUT2D eigenvalue weighted by Gasteiger charge is 2.40. The van der Waals surface area contributed by atoms with Crippen LogP contribution >= 0.6 is 0 Å². The zero-order valence-electron chi connectivity index (χ0n) is 14.8. The molecule has 0 spiro atoms. The maximum absolute atomic E-state index is 12.7. The largest absolute Gasteiger partial charge is 0.366 e. The number of morpholine rings is 1. The summed E-state index contributed by atoms with van der Waals surface area (Å²) in [5, 5.41) is 2.95. The number of rotatable bonds is 1. The Kier molecular flexibility index (Phi) is 4.15. The molecule has 6 nitrogen and oxygen atoms in total. The number of fused-ring (bicyclic) bond motifs is 1. The minimum atomic E-state index is -0.0886. The van der Waals surface area contributed by atoms with Gasteiger partial charge in [-0.15, -0.1) is 0 Å². The van der Waals surface area contributed by atoms with Gasteiger partial charge in [-0.1, -0.05) is 18.2 Å². The number of carbonyl (C=O) groups is 2. The van der Waals surface area contributed by atoms with Gasteiger partial charge in [0.25, 0.3) is 0 Å². The van der Waals surface area contributed by atoms with Gasteiger partial charge in [0.05, 0.1) is 12.1 Å². The number of amides is 3. The molecular weight excluding hydrogens is 318 g/mol. The summed E-state index contributed by atoms with van der Waals surface area (Å²) in [6.45, 7) is 7.17. The lowest BCUT2D eigenvalue weighted by Gasteiger charge is -2.46. The number of urea groups is 1. The molecule has 3 aliphatic heterocycles. The molecule has 0 aliphatic carbocycles. The summed E-state index contributed by atoms with van der Waals surface area (Å²) in [6, 6.07) is 6.58. The van der Waals surface area contributed by atoms with E-state index in [-0.39, 0.29) is 30.7 Å². The molecule has 134 valence electrons. The van der Waals surface area contributed by atoms with Crippen molar-refractivity contribution in [2.24, 2.45) is 0 Å². The summed E-state index contributed by atoms with van der Waals surface area (Å²) >= 11 is 0. The van der Waals surface area contributed by atoms with Crippen molar-refractivity contribution in [2.75, 3.05) is 32.8 Å². The number of aryl methyl sites for hydroxylation is 2. The molecule has 0 aromatic heterocycles. The molecule has 1 N–H and O–H groups in total. The van der Waals surface area contributed by atoms with E-state index >= 15 is 0 Å². The predicted octanol–water partition coefficient (Wildman–Crippen LogP) is 1.41. The molecule has 3 amide bonds. The van der Waals surface area contributed by atoms with E-state index in [0.29, 0.717) is 19.0 Å². The molecular formula is C19H25N3O3. The lowest BCUT2D eigenvalue weighted by molar-refractivity contribution is -0.139. The second kappa shape index (κ2) is 6.33. The summed E-state index contributed by atoms with van der Waals surface area (Å²) in [6.07, 6.45) is 0.826. The number of hydrogen-bond acceptors (Lipinski definition) is 3. The van der Waals surface area contributed by atoms with Crippen molar-refractivity contribution in [3.8, 4) is 0 Å². The van der Waals surface area contributed by atoms with E-state index in [1.165, 1.54) is 16.7 Å².